The van der Waals surface area contributed by atoms with Gasteiger partial charge >= 0.3 is 0 Å². The van der Waals surface area contributed by atoms with Crippen molar-refractivity contribution in [1.29, 1.82) is 0 Å². The average Bonchev–Trinajstić information content (AvgIpc) is 3.23. The van der Waals surface area contributed by atoms with E-state index in [-0.39, 0.29) is 11.7 Å². The molecule has 0 radical (unpaired) electrons. The number of carbonyl (C=O) groups is 1. The molecule has 0 fully saturated rings. The number of carbonyl (C=O) groups excluding carboxylic acids is 1. The first kappa shape index (κ1) is 17.3. The third-order valence-corrected chi connectivity index (χ3v) is 3.87. The topological polar surface area (TPSA) is 92.9 Å². The third-order valence-electron chi connectivity index (χ3n) is 3.87. The van der Waals surface area contributed by atoms with Gasteiger partial charge in [-0.15, -0.1) is 10.2 Å². The van der Waals surface area contributed by atoms with E-state index in [1.807, 2.05) is 0 Å². The fourth-order valence-corrected chi connectivity index (χ4v) is 2.62. The summed E-state index contributed by atoms with van der Waals surface area (Å²) in [4.78, 5) is 17.0. The summed E-state index contributed by atoms with van der Waals surface area (Å²) >= 11 is 0. The Hall–Kier alpha value is -4.07. The van der Waals surface area contributed by atoms with Crippen molar-refractivity contribution in [1.82, 2.24) is 15.2 Å². The van der Waals surface area contributed by atoms with E-state index in [0.717, 1.165) is 0 Å². The lowest BCUT2D eigenvalue weighted by Crippen LogP contribution is -2.14. The Balaban J connectivity index is 1.57. The van der Waals surface area contributed by atoms with Gasteiger partial charge in [-0.2, -0.15) is 0 Å². The van der Waals surface area contributed by atoms with Crippen LogP contribution >= 0.6 is 0 Å². The highest BCUT2D eigenvalue weighted by atomic mass is 19.1. The zero-order chi connectivity index (χ0) is 19.3. The number of halogens is 1. The van der Waals surface area contributed by atoms with Gasteiger partial charge in [0.15, 0.2) is 0 Å². The summed E-state index contributed by atoms with van der Waals surface area (Å²) in [6.45, 7) is 0. The molecule has 0 atom stereocenters. The van der Waals surface area contributed by atoms with Gasteiger partial charge in [0.25, 0.3) is 5.91 Å². The maximum Gasteiger partial charge on any atom is 0.259 e. The first-order valence-corrected chi connectivity index (χ1v) is 8.34. The fraction of sp³-hybridized carbons (Fsp3) is 0. The Morgan fingerprint density at radius 1 is 1.00 bits per heavy atom. The molecule has 138 valence electrons. The van der Waals surface area contributed by atoms with Crippen molar-refractivity contribution in [3.05, 3.63) is 84.6 Å². The van der Waals surface area contributed by atoms with Gasteiger partial charge in [0.2, 0.25) is 12.3 Å². The lowest BCUT2D eigenvalue weighted by molar-refractivity contribution is 0.102. The number of aromatic nitrogens is 3. The smallest absolute Gasteiger partial charge is 0.259 e. The molecule has 2 aromatic carbocycles. The number of amides is 1. The number of hydrogen-bond donors (Lipinski definition) is 2. The van der Waals surface area contributed by atoms with Crippen molar-refractivity contribution in [2.75, 3.05) is 10.6 Å². The maximum absolute atomic E-state index is 13.4. The lowest BCUT2D eigenvalue weighted by Gasteiger charge is -2.11. The van der Waals surface area contributed by atoms with Crippen LogP contribution in [0.3, 0.4) is 0 Å². The summed E-state index contributed by atoms with van der Waals surface area (Å²) in [5, 5.41) is 13.3. The number of hydrogen-bond acceptors (Lipinski definition) is 6. The molecule has 2 aromatic heterocycles. The Morgan fingerprint density at radius 2 is 1.86 bits per heavy atom. The molecule has 4 rings (SSSR count). The quantitative estimate of drug-likeness (QED) is 0.541. The molecule has 4 aromatic rings. The normalized spacial score (nSPS) is 10.5. The molecular formula is C20H14FN5O2. The van der Waals surface area contributed by atoms with Crippen LogP contribution < -0.4 is 10.6 Å². The molecule has 1 amide bonds. The predicted octanol–water partition coefficient (Wildman–Crippen LogP) is 4.27. The molecule has 0 bridgehead atoms. The van der Waals surface area contributed by atoms with Gasteiger partial charge in [0, 0.05) is 23.1 Å². The van der Waals surface area contributed by atoms with Crippen molar-refractivity contribution in [3.8, 4) is 11.5 Å². The van der Waals surface area contributed by atoms with E-state index in [4.69, 9.17) is 4.42 Å². The van der Waals surface area contributed by atoms with Crippen LogP contribution in [-0.4, -0.2) is 21.1 Å². The lowest BCUT2D eigenvalue weighted by atomic mass is 10.2. The van der Waals surface area contributed by atoms with Gasteiger partial charge in [0.1, 0.15) is 11.6 Å². The number of nitrogens with zero attached hydrogens (tertiary/aromatic N) is 3. The first-order chi connectivity index (χ1) is 13.7. The monoisotopic (exact) mass is 375 g/mol. The SMILES string of the molecule is O=C(Nc1cccc(-c2nnco2)c1)c1cccnc1Nc1cccc(F)c1. The summed E-state index contributed by atoms with van der Waals surface area (Å²) in [5.41, 5.74) is 2.04. The van der Waals surface area contributed by atoms with Crippen molar-refractivity contribution in [3.63, 3.8) is 0 Å². The highest BCUT2D eigenvalue weighted by molar-refractivity contribution is 6.08. The molecule has 2 heterocycles. The Bertz CT molecular complexity index is 1120. The summed E-state index contributed by atoms with van der Waals surface area (Å²) < 4.78 is 18.6. The number of pyridine rings is 1. The molecule has 0 saturated heterocycles. The Labute approximate surface area is 159 Å². The molecule has 8 heteroatoms. The second-order valence-corrected chi connectivity index (χ2v) is 5.81. The van der Waals surface area contributed by atoms with Crippen LogP contribution in [0.1, 0.15) is 10.4 Å². The van der Waals surface area contributed by atoms with Crippen LogP contribution in [0.5, 0.6) is 0 Å². The van der Waals surface area contributed by atoms with Gasteiger partial charge in [-0.1, -0.05) is 12.1 Å². The molecule has 0 saturated carbocycles. The van der Waals surface area contributed by atoms with E-state index in [2.05, 4.69) is 25.8 Å². The largest absolute Gasteiger partial charge is 0.423 e. The van der Waals surface area contributed by atoms with Crippen LogP contribution in [0.2, 0.25) is 0 Å². The van der Waals surface area contributed by atoms with Gasteiger partial charge in [-0.3, -0.25) is 4.79 Å². The average molecular weight is 375 g/mol. The molecule has 0 unspecified atom stereocenters. The second kappa shape index (κ2) is 7.67. The second-order valence-electron chi connectivity index (χ2n) is 5.81. The minimum absolute atomic E-state index is 0.315. The minimum Gasteiger partial charge on any atom is -0.423 e. The predicted molar refractivity (Wildman–Crippen MR) is 102 cm³/mol. The van der Waals surface area contributed by atoms with Crippen molar-refractivity contribution < 1.29 is 13.6 Å². The molecule has 0 aliphatic rings. The van der Waals surface area contributed by atoms with E-state index >= 15 is 0 Å². The van der Waals surface area contributed by atoms with E-state index in [1.54, 1.807) is 54.7 Å². The van der Waals surface area contributed by atoms with Crippen molar-refractivity contribution in [2.45, 2.75) is 0 Å². The number of anilines is 3. The fourth-order valence-electron chi connectivity index (χ4n) is 2.62. The van der Waals surface area contributed by atoms with E-state index in [9.17, 15) is 9.18 Å². The minimum atomic E-state index is -0.384. The van der Waals surface area contributed by atoms with E-state index in [1.165, 1.54) is 18.5 Å². The standard InChI is InChI=1S/C20H14FN5O2/c21-14-5-2-7-16(11-14)24-18-17(8-3-9-22-18)19(27)25-15-6-1-4-13(10-15)20-26-23-12-28-20/h1-12H,(H,22,24)(H,25,27). The van der Waals surface area contributed by atoms with Crippen LogP contribution in [0.25, 0.3) is 11.5 Å². The number of rotatable bonds is 5. The summed E-state index contributed by atoms with van der Waals surface area (Å²) in [5.74, 6) is -0.0796. The number of benzene rings is 2. The molecule has 28 heavy (non-hydrogen) atoms. The molecule has 2 N–H and O–H groups in total. The first-order valence-electron chi connectivity index (χ1n) is 8.34. The molecule has 7 nitrogen and oxygen atoms in total. The summed E-state index contributed by atoms with van der Waals surface area (Å²) in [7, 11) is 0. The van der Waals surface area contributed by atoms with E-state index in [0.29, 0.717) is 34.2 Å². The van der Waals surface area contributed by atoms with Crippen LogP contribution in [0, 0.1) is 5.82 Å². The van der Waals surface area contributed by atoms with Crippen LogP contribution in [-0.2, 0) is 0 Å². The van der Waals surface area contributed by atoms with Crippen molar-refractivity contribution >= 4 is 23.1 Å². The maximum atomic E-state index is 13.4. The third kappa shape index (κ3) is 3.85. The molecule has 0 spiro atoms. The number of nitrogens with one attached hydrogen (secondary N) is 2. The Morgan fingerprint density at radius 3 is 2.68 bits per heavy atom. The summed E-state index contributed by atoms with van der Waals surface area (Å²) in [6, 6.07) is 16.2. The van der Waals surface area contributed by atoms with Crippen molar-refractivity contribution in [2.24, 2.45) is 0 Å². The zero-order valence-electron chi connectivity index (χ0n) is 14.5. The Kier molecular flexibility index (Phi) is 4.75. The molecule has 0 aliphatic carbocycles. The summed E-state index contributed by atoms with van der Waals surface area (Å²) in [6.07, 6.45) is 2.79. The van der Waals surface area contributed by atoms with Gasteiger partial charge in [-0.05, 0) is 48.5 Å². The van der Waals surface area contributed by atoms with Gasteiger partial charge < -0.3 is 15.1 Å². The molecular weight excluding hydrogens is 361 g/mol. The molecule has 0 aliphatic heterocycles. The highest BCUT2D eigenvalue weighted by Crippen LogP contribution is 2.23. The van der Waals surface area contributed by atoms with E-state index < -0.39 is 0 Å². The van der Waals surface area contributed by atoms with Crippen LogP contribution in [0.4, 0.5) is 21.6 Å². The highest BCUT2D eigenvalue weighted by Gasteiger charge is 2.14. The zero-order valence-corrected chi connectivity index (χ0v) is 14.5. The van der Waals surface area contributed by atoms with Gasteiger partial charge in [-0.25, -0.2) is 9.37 Å². The van der Waals surface area contributed by atoms with Gasteiger partial charge in [0.05, 0.1) is 5.56 Å². The van der Waals surface area contributed by atoms with Crippen LogP contribution in [0.15, 0.2) is 77.7 Å².